The maximum atomic E-state index is 13.1. The Morgan fingerprint density at radius 1 is 0.921 bits per heavy atom. The van der Waals surface area contributed by atoms with Crippen LogP contribution in [-0.2, 0) is 17.8 Å². The number of amides is 2. The lowest BCUT2D eigenvalue weighted by molar-refractivity contribution is -0.126. The third-order valence-electron chi connectivity index (χ3n) is 9.55. The maximum Gasteiger partial charge on any atom is 0.255 e. The summed E-state index contributed by atoms with van der Waals surface area (Å²) in [4.78, 5) is 27.4. The number of fused-ring (bicyclic) bond motifs is 1. The van der Waals surface area contributed by atoms with Crippen molar-refractivity contribution in [3.05, 3.63) is 83.1 Å². The Morgan fingerprint density at radius 2 is 1.71 bits per heavy atom. The van der Waals surface area contributed by atoms with Gasteiger partial charge in [-0.1, -0.05) is 61.9 Å². The lowest BCUT2D eigenvalue weighted by Crippen LogP contribution is -2.49. The van der Waals surface area contributed by atoms with Crippen LogP contribution in [0.5, 0.6) is 0 Å². The van der Waals surface area contributed by atoms with Crippen LogP contribution >= 0.6 is 0 Å². The summed E-state index contributed by atoms with van der Waals surface area (Å²) in [5.41, 5.74) is 5.41. The van der Waals surface area contributed by atoms with Gasteiger partial charge in [0.2, 0.25) is 5.91 Å². The Balaban J connectivity index is 1.07. The molecule has 4 aliphatic rings. The van der Waals surface area contributed by atoms with Gasteiger partial charge in [0.05, 0.1) is 0 Å². The molecule has 5 nitrogen and oxygen atoms in total. The predicted octanol–water partition coefficient (Wildman–Crippen LogP) is 5.85. The molecular formula is C33H41N3O2. The largest absolute Gasteiger partial charge is 0.329 e. The van der Waals surface area contributed by atoms with E-state index in [0.29, 0.717) is 36.9 Å². The highest BCUT2D eigenvalue weighted by Gasteiger charge is 2.38. The first kappa shape index (κ1) is 25.4. The van der Waals surface area contributed by atoms with Gasteiger partial charge >= 0.3 is 0 Å². The second kappa shape index (κ2) is 11.1. The predicted molar refractivity (Wildman–Crippen MR) is 151 cm³/mol. The zero-order valence-corrected chi connectivity index (χ0v) is 22.5. The summed E-state index contributed by atoms with van der Waals surface area (Å²) in [5, 5.41) is 6.94. The number of allylic oxidation sites excluding steroid dienone is 1. The van der Waals surface area contributed by atoms with Crippen LogP contribution in [0.4, 0.5) is 0 Å². The van der Waals surface area contributed by atoms with E-state index >= 15 is 0 Å². The number of nitrogens with one attached hydrogen (secondary N) is 2. The van der Waals surface area contributed by atoms with Gasteiger partial charge in [0.15, 0.2) is 0 Å². The molecule has 0 bridgehead atoms. The molecule has 3 fully saturated rings. The third-order valence-corrected chi connectivity index (χ3v) is 9.55. The molecule has 1 unspecified atom stereocenters. The van der Waals surface area contributed by atoms with Crippen molar-refractivity contribution in [3.8, 4) is 0 Å². The molecule has 0 aromatic heterocycles. The number of hydrogen-bond acceptors (Lipinski definition) is 3. The summed E-state index contributed by atoms with van der Waals surface area (Å²) >= 11 is 0. The molecule has 0 spiro atoms. The summed E-state index contributed by atoms with van der Waals surface area (Å²) in [5.74, 6) is 1.24. The summed E-state index contributed by atoms with van der Waals surface area (Å²) < 4.78 is 0. The minimum absolute atomic E-state index is 0.0115. The monoisotopic (exact) mass is 511 g/mol. The zero-order chi connectivity index (χ0) is 26.1. The van der Waals surface area contributed by atoms with Crippen LogP contribution in [0.3, 0.4) is 0 Å². The van der Waals surface area contributed by atoms with Gasteiger partial charge in [-0.15, -0.1) is 0 Å². The van der Waals surface area contributed by atoms with E-state index in [-0.39, 0.29) is 11.8 Å². The molecule has 2 saturated carbocycles. The van der Waals surface area contributed by atoms with Crippen molar-refractivity contribution in [3.63, 3.8) is 0 Å². The van der Waals surface area contributed by atoms with Crippen molar-refractivity contribution in [2.45, 2.75) is 101 Å². The van der Waals surface area contributed by atoms with E-state index in [1.165, 1.54) is 62.5 Å². The van der Waals surface area contributed by atoms with Gasteiger partial charge in [-0.3, -0.25) is 9.59 Å². The fourth-order valence-electron chi connectivity index (χ4n) is 7.43. The third kappa shape index (κ3) is 5.31. The van der Waals surface area contributed by atoms with Gasteiger partial charge < -0.3 is 15.5 Å². The number of rotatable bonds is 6. The topological polar surface area (TPSA) is 61.4 Å². The molecule has 2 aromatic carbocycles. The first-order chi connectivity index (χ1) is 18.5. The van der Waals surface area contributed by atoms with E-state index in [2.05, 4.69) is 59.7 Å². The van der Waals surface area contributed by atoms with Crippen molar-refractivity contribution in [2.24, 2.45) is 5.92 Å². The smallest absolute Gasteiger partial charge is 0.255 e. The van der Waals surface area contributed by atoms with Crippen molar-refractivity contribution in [2.75, 3.05) is 0 Å². The van der Waals surface area contributed by atoms with Crippen molar-refractivity contribution in [1.82, 2.24) is 15.5 Å². The second-order valence-electron chi connectivity index (χ2n) is 12.1. The normalized spacial score (nSPS) is 29.7. The molecule has 2 N–H and O–H groups in total. The van der Waals surface area contributed by atoms with Gasteiger partial charge in [0.1, 0.15) is 6.04 Å². The van der Waals surface area contributed by atoms with Crippen molar-refractivity contribution >= 4 is 11.8 Å². The van der Waals surface area contributed by atoms with Crippen LogP contribution in [-0.4, -0.2) is 34.8 Å². The molecule has 2 heterocycles. The number of carbonyl (C=O) groups is 2. The summed E-state index contributed by atoms with van der Waals surface area (Å²) in [6.45, 7) is 4.40. The molecule has 5 heteroatoms. The highest BCUT2D eigenvalue weighted by atomic mass is 16.2. The summed E-state index contributed by atoms with van der Waals surface area (Å²) in [7, 11) is 0. The molecular weight excluding hydrogens is 470 g/mol. The first-order valence-corrected chi connectivity index (χ1v) is 14.8. The Labute approximate surface area is 227 Å². The van der Waals surface area contributed by atoms with E-state index in [9.17, 15) is 9.59 Å². The van der Waals surface area contributed by atoms with E-state index in [4.69, 9.17) is 0 Å². The van der Waals surface area contributed by atoms with Gasteiger partial charge in [-0.05, 0) is 92.4 Å². The molecule has 2 aliphatic carbocycles. The second-order valence-corrected chi connectivity index (χ2v) is 12.1. The van der Waals surface area contributed by atoms with Gasteiger partial charge in [-0.25, -0.2) is 0 Å². The molecule has 1 saturated heterocycles. The lowest BCUT2D eigenvalue weighted by atomic mass is 9.78. The van der Waals surface area contributed by atoms with Crippen LogP contribution in [0, 0.1) is 5.92 Å². The van der Waals surface area contributed by atoms with Crippen LogP contribution < -0.4 is 10.6 Å². The molecule has 200 valence electrons. The average Bonchev–Trinajstić information content (AvgIpc) is 3.26. The maximum absolute atomic E-state index is 13.1. The number of carbonyl (C=O) groups excluding carboxylic acids is 2. The standard InChI is InChI=1S/C33H41N3O2/c1-22-11-18-31(32(37)34-22)36-21-27-20-23(12-17-29(27)33(36)38)19-26-9-5-6-10-30(26)35-28-15-13-25(14-16-28)24-7-3-2-4-8-24/h2-4,7-8,12,17,20,25-26,28,30-31,35H,1,5-6,9-11,13-16,18-19,21H2,(H,34,37)/t25-,26-,28+,30+,31?/m1/s1. The Bertz CT molecular complexity index is 1180. The molecule has 3 atom stereocenters. The number of hydrogen-bond donors (Lipinski definition) is 2. The first-order valence-electron chi connectivity index (χ1n) is 14.8. The average molecular weight is 512 g/mol. The van der Waals surface area contributed by atoms with E-state index < -0.39 is 6.04 Å². The van der Waals surface area contributed by atoms with Gasteiger partial charge in [-0.2, -0.15) is 0 Å². The SMILES string of the molecule is C=C1CCC(N2Cc3cc(C[C@H]4CCCC[C@@H]4N[C@H]4CC[C@@H](c5ccccc5)CC4)ccc3C2=O)C(=O)N1. The van der Waals surface area contributed by atoms with Crippen molar-refractivity contribution in [1.29, 1.82) is 0 Å². The van der Waals surface area contributed by atoms with Crippen LogP contribution in [0.2, 0.25) is 0 Å². The number of piperidine rings is 1. The van der Waals surface area contributed by atoms with E-state index in [1.807, 2.05) is 6.07 Å². The van der Waals surface area contributed by atoms with Crippen molar-refractivity contribution < 1.29 is 9.59 Å². The summed E-state index contributed by atoms with van der Waals surface area (Å²) in [6.07, 6.45) is 12.7. The Kier molecular flexibility index (Phi) is 7.38. The minimum Gasteiger partial charge on any atom is -0.329 e. The highest BCUT2D eigenvalue weighted by Crippen LogP contribution is 2.36. The molecule has 0 radical (unpaired) electrons. The Morgan fingerprint density at radius 3 is 2.50 bits per heavy atom. The summed E-state index contributed by atoms with van der Waals surface area (Å²) in [6, 6.07) is 18.2. The lowest BCUT2D eigenvalue weighted by Gasteiger charge is -2.38. The molecule has 2 aliphatic heterocycles. The fourth-order valence-corrected chi connectivity index (χ4v) is 7.43. The minimum atomic E-state index is -0.396. The van der Waals surface area contributed by atoms with Crippen LogP contribution in [0.1, 0.15) is 97.2 Å². The number of nitrogens with zero attached hydrogens (tertiary/aromatic N) is 1. The van der Waals surface area contributed by atoms with Gasteiger partial charge in [0.25, 0.3) is 5.91 Å². The molecule has 2 amide bonds. The number of benzene rings is 2. The fraction of sp³-hybridized carbons (Fsp3) is 0.515. The molecule has 38 heavy (non-hydrogen) atoms. The van der Waals surface area contributed by atoms with E-state index in [1.54, 1.807) is 4.90 Å². The van der Waals surface area contributed by atoms with Crippen LogP contribution in [0.15, 0.2) is 60.8 Å². The quantitative estimate of drug-likeness (QED) is 0.511. The molecule has 2 aromatic rings. The molecule has 6 rings (SSSR count). The highest BCUT2D eigenvalue weighted by molar-refractivity contribution is 6.01. The zero-order valence-electron chi connectivity index (χ0n) is 22.5. The van der Waals surface area contributed by atoms with Crippen LogP contribution in [0.25, 0.3) is 0 Å². The Hall–Kier alpha value is -2.92. The van der Waals surface area contributed by atoms with Gasteiger partial charge in [0, 0.05) is 29.9 Å². The van der Waals surface area contributed by atoms with E-state index in [0.717, 1.165) is 29.7 Å².